The molecule has 0 saturated carbocycles. The molecule has 33 nitrogen and oxygen atoms in total. The summed E-state index contributed by atoms with van der Waals surface area (Å²) in [6.45, 7) is 7.12. The van der Waals surface area contributed by atoms with Crippen LogP contribution in [-0.4, -0.2) is 233 Å². The predicted molar refractivity (Wildman–Crippen MR) is 353 cm³/mol. The minimum Gasteiger partial charge on any atom is -0.481 e. The lowest BCUT2D eigenvalue weighted by Gasteiger charge is -2.31. The molecule has 12 amide bonds. The molecule has 3 aromatic rings. The number of imidazole rings is 1. The molecule has 0 spiro atoms. The number of thioether (sulfide) groups is 1. The number of carboxylic acids is 2. The van der Waals surface area contributed by atoms with Crippen LogP contribution in [0, 0.1) is 5.92 Å². The van der Waals surface area contributed by atoms with Gasteiger partial charge >= 0.3 is 11.9 Å². The van der Waals surface area contributed by atoms with Gasteiger partial charge < -0.3 is 94.5 Å². The lowest BCUT2D eigenvalue weighted by molar-refractivity contribution is -0.145. The van der Waals surface area contributed by atoms with Crippen molar-refractivity contribution >= 4 is 94.6 Å². The number of hydrogen-bond donors (Lipinski definition) is 16. The molecule has 536 valence electrons. The summed E-state index contributed by atoms with van der Waals surface area (Å²) in [5, 5.41) is 63.6. The Bertz CT molecular complexity index is 3270. The first-order chi connectivity index (χ1) is 46.4. The largest absolute Gasteiger partial charge is 0.481 e. The standard InChI is InChI=1S/C64H91N15O18S/c1-33(2)25-41(54(86)74-45(28-39-31-67-32-68-39)63(95)79-23-14-20-48(79)59(91)75-46(64(96)97)27-38-17-11-8-12-18-38)70-55(87)42(26-37-15-9-7-10-16-37)72-60(92)51(35(4)80)76-56(88)43(29-49(66)82)73-61(93)52(36(5)81)77-57(89)44(30-50(83)84)71-58(90)47-19-13-22-78(47)62(94)34(3)69-53(85)40(65)21-24-98-6/h7-12,15-18,31-36,40-48,51-52,80-81H,13-14,19-30,65H2,1-6H3,(H2,66,82)(H,67,68)(H,69,85)(H,70,87)(H,71,90)(H,72,92)(H,73,93)(H,74,86)(H,75,91)(H,76,88)(H,77,89)(H,83,84)(H,96,97)/t34-,35+,36+,40-,41-,42-,43-,44-,45-,46-,47-,48-,51-,52-/m0/s1. The van der Waals surface area contributed by atoms with Gasteiger partial charge in [0.15, 0.2) is 0 Å². The van der Waals surface area contributed by atoms with Crippen molar-refractivity contribution in [2.75, 3.05) is 25.1 Å². The van der Waals surface area contributed by atoms with E-state index in [-0.39, 0.29) is 57.5 Å². The molecule has 2 aliphatic rings. The first kappa shape index (κ1) is 79.2. The fraction of sp³-hybridized carbons (Fsp3) is 0.547. The summed E-state index contributed by atoms with van der Waals surface area (Å²) in [6.07, 6.45) is -0.404. The highest BCUT2D eigenvalue weighted by Crippen LogP contribution is 2.22. The zero-order valence-electron chi connectivity index (χ0n) is 55.4. The Balaban J connectivity index is 1.31. The molecule has 2 aliphatic heterocycles. The molecule has 2 saturated heterocycles. The van der Waals surface area contributed by atoms with Crippen molar-refractivity contribution in [1.82, 2.24) is 67.6 Å². The van der Waals surface area contributed by atoms with E-state index in [1.165, 1.54) is 36.1 Å². The van der Waals surface area contributed by atoms with Crippen molar-refractivity contribution in [1.29, 1.82) is 0 Å². The normalized spacial score (nSPS) is 18.0. The Morgan fingerprint density at radius 2 is 1.02 bits per heavy atom. The average Bonchev–Trinajstić information content (AvgIpc) is 1.59. The molecule has 2 fully saturated rings. The number of hydrogen-bond acceptors (Lipinski definition) is 19. The SMILES string of the molecule is CSCC[C@H](N)C(=O)N[C@@H](C)C(=O)N1CCC[C@H]1C(=O)N[C@@H](CC(=O)O)C(=O)N[C@H](C(=O)N[C@@H](CC(N)=O)C(=O)N[C@H](C(=O)N[C@@H](Cc1ccccc1)C(=O)N[C@@H](CC(C)C)C(=O)N[C@@H](Cc1cnc[nH]1)C(=O)N1CCC[C@H]1C(=O)N[C@@H](Cc1ccccc1)C(=O)O)[C@@H](C)O)[C@@H](C)O. The number of carbonyl (C=O) groups is 14. The van der Waals surface area contributed by atoms with Crippen LogP contribution in [-0.2, 0) is 86.4 Å². The minimum absolute atomic E-state index is 0.0404. The number of H-pyrrole nitrogens is 1. The molecular weight excluding hydrogens is 1300 g/mol. The number of likely N-dealkylation sites (tertiary alicyclic amines) is 2. The van der Waals surface area contributed by atoms with Gasteiger partial charge in [-0.3, -0.25) is 62.3 Å². The van der Waals surface area contributed by atoms with Crippen LogP contribution in [0.3, 0.4) is 0 Å². The van der Waals surface area contributed by atoms with E-state index in [4.69, 9.17) is 11.5 Å². The zero-order chi connectivity index (χ0) is 72.5. The number of aliphatic hydroxyl groups is 2. The first-order valence-corrected chi connectivity index (χ1v) is 33.5. The van der Waals surface area contributed by atoms with Gasteiger partial charge in [-0.2, -0.15) is 11.8 Å². The minimum atomic E-state index is -2.06. The van der Waals surface area contributed by atoms with E-state index in [9.17, 15) is 87.5 Å². The highest BCUT2D eigenvalue weighted by Gasteiger charge is 2.43. The number of nitrogens with one attached hydrogen (secondary N) is 10. The topological polar surface area (TPSA) is 515 Å². The molecule has 0 bridgehead atoms. The molecule has 1 aromatic heterocycles. The van der Waals surface area contributed by atoms with Crippen LogP contribution in [0.1, 0.15) is 103 Å². The van der Waals surface area contributed by atoms with Crippen molar-refractivity contribution in [3.05, 3.63) is 90.0 Å². The molecule has 34 heteroatoms. The second-order valence-electron chi connectivity index (χ2n) is 24.7. The lowest BCUT2D eigenvalue weighted by atomic mass is 9.99. The first-order valence-electron chi connectivity index (χ1n) is 32.1. The molecule has 98 heavy (non-hydrogen) atoms. The number of primary amides is 1. The van der Waals surface area contributed by atoms with Crippen molar-refractivity contribution in [3.8, 4) is 0 Å². The van der Waals surface area contributed by atoms with Crippen LogP contribution in [0.2, 0.25) is 0 Å². The summed E-state index contributed by atoms with van der Waals surface area (Å²) in [7, 11) is 0. The van der Waals surface area contributed by atoms with Gasteiger partial charge in [0.05, 0.1) is 37.4 Å². The van der Waals surface area contributed by atoms with Crippen LogP contribution < -0.4 is 59.3 Å². The molecule has 5 rings (SSSR count). The number of aromatic amines is 1. The number of aliphatic hydroxyl groups excluding tert-OH is 2. The molecular formula is C64H91N15O18S. The smallest absolute Gasteiger partial charge is 0.326 e. The molecule has 0 aliphatic carbocycles. The number of aromatic nitrogens is 2. The third-order valence-electron chi connectivity index (χ3n) is 16.3. The maximum absolute atomic E-state index is 14.7. The van der Waals surface area contributed by atoms with Gasteiger partial charge in [-0.1, -0.05) is 74.5 Å². The van der Waals surface area contributed by atoms with Crippen LogP contribution in [0.5, 0.6) is 0 Å². The van der Waals surface area contributed by atoms with Crippen LogP contribution in [0.4, 0.5) is 0 Å². The van der Waals surface area contributed by atoms with Gasteiger partial charge in [-0.05, 0) is 88.3 Å². The number of aliphatic carboxylic acids is 2. The van der Waals surface area contributed by atoms with Gasteiger partial charge in [0.1, 0.15) is 66.5 Å². The Morgan fingerprint density at radius 1 is 0.561 bits per heavy atom. The quantitative estimate of drug-likeness (QED) is 0.0261. The number of carboxylic acid groups (broad SMARTS) is 2. The lowest BCUT2D eigenvalue weighted by Crippen LogP contribution is -2.63. The van der Waals surface area contributed by atoms with Crippen molar-refractivity contribution in [3.63, 3.8) is 0 Å². The third kappa shape index (κ3) is 24.2. The number of nitrogens with two attached hydrogens (primary N) is 2. The second-order valence-corrected chi connectivity index (χ2v) is 25.7. The predicted octanol–water partition coefficient (Wildman–Crippen LogP) is -3.87. The van der Waals surface area contributed by atoms with Crippen LogP contribution in [0.25, 0.3) is 0 Å². The van der Waals surface area contributed by atoms with Gasteiger partial charge in [0.25, 0.3) is 0 Å². The summed E-state index contributed by atoms with van der Waals surface area (Å²) in [5.41, 5.74) is 13.0. The number of amides is 12. The Kier molecular flexibility index (Phi) is 31.0. The highest BCUT2D eigenvalue weighted by atomic mass is 32.2. The van der Waals surface area contributed by atoms with E-state index in [0.717, 1.165) is 18.7 Å². The Hall–Kier alpha value is -9.54. The Morgan fingerprint density at radius 3 is 1.49 bits per heavy atom. The number of rotatable bonds is 38. The third-order valence-corrected chi connectivity index (χ3v) is 16.9. The fourth-order valence-corrected chi connectivity index (χ4v) is 11.6. The van der Waals surface area contributed by atoms with Gasteiger partial charge in [-0.15, -0.1) is 0 Å². The van der Waals surface area contributed by atoms with Crippen LogP contribution >= 0.6 is 11.8 Å². The monoisotopic (exact) mass is 1390 g/mol. The van der Waals surface area contributed by atoms with Gasteiger partial charge in [-0.25, -0.2) is 9.78 Å². The second kappa shape index (κ2) is 38.4. The fourth-order valence-electron chi connectivity index (χ4n) is 11.2. The summed E-state index contributed by atoms with van der Waals surface area (Å²) >= 11 is 1.47. The molecule has 18 N–H and O–H groups in total. The molecule has 0 unspecified atom stereocenters. The van der Waals surface area contributed by atoms with E-state index in [1.807, 2.05) is 6.26 Å². The summed E-state index contributed by atoms with van der Waals surface area (Å²) < 4.78 is 0. The maximum Gasteiger partial charge on any atom is 0.326 e. The number of carbonyl (C=O) groups excluding carboxylic acids is 12. The molecule has 0 radical (unpaired) electrons. The number of nitrogens with zero attached hydrogens (tertiary/aromatic N) is 3. The number of benzene rings is 2. The highest BCUT2D eigenvalue weighted by molar-refractivity contribution is 7.98. The Labute approximate surface area is 570 Å². The van der Waals surface area contributed by atoms with E-state index < -0.39 is 180 Å². The van der Waals surface area contributed by atoms with E-state index in [2.05, 4.69) is 57.8 Å². The summed E-state index contributed by atoms with van der Waals surface area (Å²) in [4.78, 5) is 200. The van der Waals surface area contributed by atoms with Crippen molar-refractivity contribution in [2.45, 2.75) is 190 Å². The van der Waals surface area contributed by atoms with Gasteiger partial charge in [0.2, 0.25) is 70.9 Å². The van der Waals surface area contributed by atoms with Crippen LogP contribution in [0.15, 0.2) is 73.2 Å². The van der Waals surface area contributed by atoms with Gasteiger partial charge in [0, 0.05) is 44.2 Å². The molecule has 2 aromatic carbocycles. The van der Waals surface area contributed by atoms with E-state index >= 15 is 0 Å². The van der Waals surface area contributed by atoms with E-state index in [1.54, 1.807) is 74.5 Å². The molecule has 3 heterocycles. The van der Waals surface area contributed by atoms with Crippen molar-refractivity contribution < 1.29 is 87.5 Å². The van der Waals surface area contributed by atoms with E-state index in [0.29, 0.717) is 41.8 Å². The van der Waals surface area contributed by atoms with Crippen molar-refractivity contribution in [2.24, 2.45) is 17.4 Å². The zero-order valence-corrected chi connectivity index (χ0v) is 56.2. The maximum atomic E-state index is 14.7. The summed E-state index contributed by atoms with van der Waals surface area (Å²) in [6, 6.07) is -1.35. The average molecular weight is 1390 g/mol. The summed E-state index contributed by atoms with van der Waals surface area (Å²) in [5.74, 6) is -14.6. The molecule has 14 atom stereocenters.